The Balaban J connectivity index is 0.592. The lowest BCUT2D eigenvalue weighted by molar-refractivity contribution is -0.137. The molecule has 3 aromatic carbocycles. The normalized spacial score (nSPS) is 16.0. The molecule has 2 aromatic heterocycles. The number of nitrogens with zero attached hydrogens (tertiary/aromatic N) is 8. The summed E-state index contributed by atoms with van der Waals surface area (Å²) in [4.78, 5) is 77.1. The Morgan fingerprint density at radius 3 is 2.30 bits per heavy atom. The van der Waals surface area contributed by atoms with Crippen LogP contribution in [0.15, 0.2) is 85.3 Å². The number of imide groups is 1. The number of aromatic nitrogens is 5. The number of unbranched alkanes of at least 4 members (excludes halogenated alkanes) is 3. The second-order valence-corrected chi connectivity index (χ2v) is 18.6. The number of ether oxygens (including phenoxy) is 4. The number of piperidine rings is 1. The Hall–Kier alpha value is -7.29. The highest BCUT2D eigenvalue weighted by molar-refractivity contribution is 6.05. The van der Waals surface area contributed by atoms with Gasteiger partial charge in [-0.1, -0.05) is 24.6 Å². The van der Waals surface area contributed by atoms with E-state index in [1.165, 1.54) is 6.33 Å². The molecule has 2 saturated heterocycles. The molecule has 0 spiro atoms. The quantitative estimate of drug-likeness (QED) is 0.0451. The summed E-state index contributed by atoms with van der Waals surface area (Å²) in [5.41, 5.74) is 5.45. The van der Waals surface area contributed by atoms with Gasteiger partial charge in [-0.05, 0) is 105 Å². The zero-order valence-corrected chi connectivity index (χ0v) is 42.3. The van der Waals surface area contributed by atoms with Gasteiger partial charge in [-0.25, -0.2) is 9.97 Å². The molecule has 392 valence electrons. The van der Waals surface area contributed by atoms with Gasteiger partial charge in [-0.15, -0.1) is 10.2 Å². The van der Waals surface area contributed by atoms with Gasteiger partial charge in [0.15, 0.2) is 11.6 Å². The van der Waals surface area contributed by atoms with E-state index in [4.69, 9.17) is 18.9 Å². The third kappa shape index (κ3) is 14.5. The van der Waals surface area contributed by atoms with E-state index in [1.807, 2.05) is 84.1 Å². The number of anilines is 2. The predicted octanol–water partition coefficient (Wildman–Crippen LogP) is 5.25. The molecule has 3 aliphatic heterocycles. The molecule has 2 fully saturated rings. The van der Waals surface area contributed by atoms with E-state index in [-0.39, 0.29) is 36.1 Å². The van der Waals surface area contributed by atoms with Crippen LogP contribution in [-0.4, -0.2) is 143 Å². The number of nitrogens with one attached hydrogen (secondary N) is 3. The van der Waals surface area contributed by atoms with E-state index in [0.29, 0.717) is 127 Å². The number of fused-ring (bicyclic) bond motifs is 1. The number of hydrogen-bond acceptors (Lipinski definition) is 15. The second-order valence-electron chi connectivity index (χ2n) is 18.6. The molecule has 0 radical (unpaired) electrons. The Labute approximate surface area is 431 Å². The number of piperazine rings is 1. The van der Waals surface area contributed by atoms with Crippen molar-refractivity contribution in [3.8, 4) is 17.3 Å². The average Bonchev–Trinajstić information content (AvgIpc) is 3.96. The van der Waals surface area contributed by atoms with Gasteiger partial charge < -0.3 is 48.8 Å². The molecule has 5 aromatic rings. The van der Waals surface area contributed by atoms with E-state index in [0.717, 1.165) is 59.8 Å². The fourth-order valence-electron chi connectivity index (χ4n) is 9.18. The first-order chi connectivity index (χ1) is 36.1. The number of carbonyl (C=O) groups is 5. The number of carbonyl (C=O) groups excluding carboxylic acids is 5. The monoisotopic (exact) mass is 1010 g/mol. The minimum absolute atomic E-state index is 0.119. The first-order valence-corrected chi connectivity index (χ1v) is 25.7. The molecule has 20 nitrogen and oxygen atoms in total. The molecular weight excluding hydrogens is 947 g/mol. The zero-order chi connectivity index (χ0) is 51.7. The van der Waals surface area contributed by atoms with E-state index < -0.39 is 11.9 Å². The standard InChI is InChI=1S/C54H67N11O9/c1-38(58-52(68)40-9-7-10-42(33-40)56-35-48-60-61-51(62(48)2)46-20-21-55-37-57-46)39-12-15-44(16-13-39)74-28-6-4-3-5-26-71-29-31-73-32-30-72-27-8-11-50(67)64-24-22-63(23-25-64)43-14-17-45-41(34-43)36-65(54(45)70)47-18-19-49(66)59-53(47)69/h7,9-10,12-17,20-21,33-34,37-38,47,56H,3-6,8,11,18-19,22-32,35-36H2,1-2H3,(H,58,68)(H,59,66,69)/t38-,47?/m1/s1. The highest BCUT2D eigenvalue weighted by Crippen LogP contribution is 2.31. The van der Waals surface area contributed by atoms with Gasteiger partial charge in [0.1, 0.15) is 23.8 Å². The van der Waals surface area contributed by atoms with Crippen LogP contribution in [-0.2, 0) is 48.7 Å². The van der Waals surface area contributed by atoms with Crippen LogP contribution in [0.4, 0.5) is 11.4 Å². The summed E-state index contributed by atoms with van der Waals surface area (Å²) in [6, 6.07) is 21.9. The summed E-state index contributed by atoms with van der Waals surface area (Å²) in [7, 11) is 1.89. The summed E-state index contributed by atoms with van der Waals surface area (Å²) in [6.45, 7) is 9.09. The number of benzene rings is 3. The maximum Gasteiger partial charge on any atom is 0.255 e. The first kappa shape index (κ1) is 53.0. The van der Waals surface area contributed by atoms with Gasteiger partial charge in [0.25, 0.3) is 11.8 Å². The smallest absolute Gasteiger partial charge is 0.255 e. The van der Waals surface area contributed by atoms with Crippen molar-refractivity contribution in [2.24, 2.45) is 7.05 Å². The maximum absolute atomic E-state index is 13.2. The molecule has 3 N–H and O–H groups in total. The third-order valence-electron chi connectivity index (χ3n) is 13.5. The minimum atomic E-state index is -0.637. The highest BCUT2D eigenvalue weighted by Gasteiger charge is 2.39. The van der Waals surface area contributed by atoms with Crippen molar-refractivity contribution in [1.29, 1.82) is 0 Å². The number of hydrogen-bond donors (Lipinski definition) is 3. The molecule has 0 aliphatic carbocycles. The minimum Gasteiger partial charge on any atom is -0.494 e. The molecule has 0 bridgehead atoms. The van der Waals surface area contributed by atoms with Crippen molar-refractivity contribution >= 4 is 40.9 Å². The summed E-state index contributed by atoms with van der Waals surface area (Å²) >= 11 is 0. The van der Waals surface area contributed by atoms with Crippen molar-refractivity contribution in [1.82, 2.24) is 45.2 Å². The van der Waals surface area contributed by atoms with Gasteiger partial charge >= 0.3 is 0 Å². The highest BCUT2D eigenvalue weighted by atomic mass is 16.5. The fourth-order valence-corrected chi connectivity index (χ4v) is 9.18. The lowest BCUT2D eigenvalue weighted by Gasteiger charge is -2.36. The fraction of sp³-hybridized carbons (Fsp3) is 0.463. The van der Waals surface area contributed by atoms with Crippen LogP contribution in [0, 0.1) is 0 Å². The second kappa shape index (κ2) is 26.6. The van der Waals surface area contributed by atoms with Gasteiger partial charge in [-0.2, -0.15) is 0 Å². The Kier molecular flexibility index (Phi) is 19.1. The average molecular weight is 1010 g/mol. The molecule has 5 heterocycles. The summed E-state index contributed by atoms with van der Waals surface area (Å²) in [6.07, 6.45) is 8.78. The van der Waals surface area contributed by atoms with Crippen molar-refractivity contribution in [2.45, 2.75) is 83.5 Å². The van der Waals surface area contributed by atoms with Crippen molar-refractivity contribution in [2.75, 3.05) is 82.6 Å². The molecule has 74 heavy (non-hydrogen) atoms. The van der Waals surface area contributed by atoms with Crippen LogP contribution in [0.2, 0.25) is 0 Å². The topological polar surface area (TPSA) is 225 Å². The van der Waals surface area contributed by atoms with E-state index >= 15 is 0 Å². The van der Waals surface area contributed by atoms with Crippen LogP contribution >= 0.6 is 0 Å². The molecule has 2 atom stereocenters. The predicted molar refractivity (Wildman–Crippen MR) is 275 cm³/mol. The number of amides is 5. The zero-order valence-electron chi connectivity index (χ0n) is 42.3. The lowest BCUT2D eigenvalue weighted by Crippen LogP contribution is -2.52. The SMILES string of the molecule is C[C@@H](NC(=O)c1cccc(NCc2nnc(-c3ccncn3)n2C)c1)c1ccc(OCCCCCCOCCOCCOCCCC(=O)N2CCN(c3ccc4c(c3)CN(C3CCC(=O)NC3=O)C4=O)CC2)cc1. The van der Waals surface area contributed by atoms with Crippen molar-refractivity contribution in [3.05, 3.63) is 113 Å². The Bertz CT molecular complexity index is 2680. The van der Waals surface area contributed by atoms with Gasteiger partial charge in [0.05, 0.1) is 45.6 Å². The molecule has 5 amide bonds. The summed E-state index contributed by atoms with van der Waals surface area (Å²) in [5, 5.41) is 17.3. The Morgan fingerprint density at radius 1 is 0.811 bits per heavy atom. The number of rotatable bonds is 27. The van der Waals surface area contributed by atoms with Crippen molar-refractivity contribution < 1.29 is 42.9 Å². The molecule has 3 aliphatic rings. The Morgan fingerprint density at radius 2 is 1.55 bits per heavy atom. The van der Waals surface area contributed by atoms with Crippen LogP contribution < -0.4 is 25.6 Å². The van der Waals surface area contributed by atoms with E-state index in [2.05, 4.69) is 41.0 Å². The van der Waals surface area contributed by atoms with E-state index in [1.54, 1.807) is 23.2 Å². The van der Waals surface area contributed by atoms with E-state index in [9.17, 15) is 24.0 Å². The van der Waals surface area contributed by atoms with Gasteiger partial charge in [-0.3, -0.25) is 29.3 Å². The van der Waals surface area contributed by atoms with Crippen LogP contribution in [0.1, 0.15) is 102 Å². The molecule has 0 saturated carbocycles. The van der Waals surface area contributed by atoms with Crippen LogP contribution in [0.3, 0.4) is 0 Å². The molecule has 20 heteroatoms. The third-order valence-corrected chi connectivity index (χ3v) is 13.5. The van der Waals surface area contributed by atoms with Crippen LogP contribution in [0.5, 0.6) is 5.75 Å². The van der Waals surface area contributed by atoms with Gasteiger partial charge in [0, 0.05) is 94.5 Å². The maximum atomic E-state index is 13.2. The molecule has 1 unspecified atom stereocenters. The molecular formula is C54H67N11O9. The first-order valence-electron chi connectivity index (χ1n) is 25.7. The van der Waals surface area contributed by atoms with Crippen LogP contribution in [0.25, 0.3) is 11.5 Å². The van der Waals surface area contributed by atoms with Crippen molar-refractivity contribution in [3.63, 3.8) is 0 Å². The van der Waals surface area contributed by atoms with Gasteiger partial charge in [0.2, 0.25) is 17.7 Å². The summed E-state index contributed by atoms with van der Waals surface area (Å²) < 4.78 is 24.9. The largest absolute Gasteiger partial charge is 0.494 e. The molecule has 8 rings (SSSR count). The summed E-state index contributed by atoms with van der Waals surface area (Å²) in [5.74, 6) is 1.21. The lowest BCUT2D eigenvalue weighted by atomic mass is 10.0.